The molecule has 2 amide bonds. The van der Waals surface area contributed by atoms with Crippen LogP contribution in [0.25, 0.3) is 10.4 Å². The molecule has 1 atom stereocenters. The van der Waals surface area contributed by atoms with E-state index in [1.807, 2.05) is 17.9 Å². The van der Waals surface area contributed by atoms with Crippen molar-refractivity contribution in [2.24, 2.45) is 5.92 Å². The number of rotatable bonds is 5. The van der Waals surface area contributed by atoms with E-state index in [9.17, 15) is 9.59 Å². The van der Waals surface area contributed by atoms with Crippen LogP contribution < -0.4 is 0 Å². The Bertz CT molecular complexity index is 1010. The van der Waals surface area contributed by atoms with Crippen LogP contribution >= 0.6 is 22.9 Å². The summed E-state index contributed by atoms with van der Waals surface area (Å²) in [6.45, 7) is 5.93. The number of hydrogen-bond acceptors (Lipinski definition) is 6. The third kappa shape index (κ3) is 4.29. The maximum atomic E-state index is 13.1. The van der Waals surface area contributed by atoms with E-state index >= 15 is 0 Å². The van der Waals surface area contributed by atoms with Gasteiger partial charge in [0.25, 0.3) is 5.91 Å². The number of amides is 2. The monoisotopic (exact) mass is 440 g/mol. The van der Waals surface area contributed by atoms with Crippen LogP contribution in [0.5, 0.6) is 0 Å². The average Bonchev–Trinajstić information content (AvgIpc) is 3.41. The molecule has 3 aromatic rings. The molecular weight excluding hydrogens is 416 g/mol. The Labute approximate surface area is 184 Å². The second-order valence-corrected chi connectivity index (χ2v) is 9.13. The minimum Gasteiger partial charge on any atom is -0.341 e. The Morgan fingerprint density at radius 1 is 1.20 bits per heavy atom. The highest BCUT2D eigenvalue weighted by atomic mass is 32.1. The van der Waals surface area contributed by atoms with Crippen molar-refractivity contribution < 1.29 is 9.59 Å². The highest BCUT2D eigenvalue weighted by Crippen LogP contribution is 2.26. The Kier molecular flexibility index (Phi) is 6.24. The zero-order valence-electron chi connectivity index (χ0n) is 17.1. The van der Waals surface area contributed by atoms with Crippen molar-refractivity contribution in [3.63, 3.8) is 0 Å². The summed E-state index contributed by atoms with van der Waals surface area (Å²) in [5.41, 5.74) is 2.93. The van der Waals surface area contributed by atoms with E-state index in [2.05, 4.69) is 45.3 Å². The fourth-order valence-electron chi connectivity index (χ4n) is 3.80. The summed E-state index contributed by atoms with van der Waals surface area (Å²) in [6.07, 6.45) is 0.615. The van der Waals surface area contributed by atoms with Gasteiger partial charge >= 0.3 is 0 Å². The lowest BCUT2D eigenvalue weighted by Gasteiger charge is -2.23. The van der Waals surface area contributed by atoms with E-state index < -0.39 is 0 Å². The molecule has 1 aliphatic rings. The highest BCUT2D eigenvalue weighted by molar-refractivity contribution is 7.13. The SMILES string of the molecule is CCN1CCN(C(=O)c2snnc2C)CC(Cc2ccc(-c3cccs3)cc2)C1=O. The molecule has 4 rings (SSSR count). The molecule has 0 bridgehead atoms. The smallest absolute Gasteiger partial charge is 0.267 e. The number of hydrogen-bond donors (Lipinski definition) is 0. The quantitative estimate of drug-likeness (QED) is 0.606. The van der Waals surface area contributed by atoms with Gasteiger partial charge in [0, 0.05) is 31.1 Å². The molecule has 156 valence electrons. The van der Waals surface area contributed by atoms with Gasteiger partial charge in [0.2, 0.25) is 5.91 Å². The number of likely N-dealkylation sites (N-methyl/N-ethyl adjacent to an activating group) is 1. The summed E-state index contributed by atoms with van der Waals surface area (Å²) in [7, 11) is 0. The van der Waals surface area contributed by atoms with E-state index in [-0.39, 0.29) is 17.7 Å². The van der Waals surface area contributed by atoms with Gasteiger partial charge in [-0.05, 0) is 54.4 Å². The zero-order chi connectivity index (χ0) is 21.1. The van der Waals surface area contributed by atoms with E-state index in [1.54, 1.807) is 23.2 Å². The first kappa shape index (κ1) is 20.7. The molecule has 1 aromatic carbocycles. The van der Waals surface area contributed by atoms with Gasteiger partial charge in [0.15, 0.2) is 0 Å². The topological polar surface area (TPSA) is 66.4 Å². The van der Waals surface area contributed by atoms with Gasteiger partial charge in [0.1, 0.15) is 4.88 Å². The molecule has 1 fully saturated rings. The molecule has 0 aliphatic carbocycles. The Morgan fingerprint density at radius 2 is 2.00 bits per heavy atom. The van der Waals surface area contributed by atoms with Gasteiger partial charge < -0.3 is 9.80 Å². The van der Waals surface area contributed by atoms with Gasteiger partial charge in [-0.3, -0.25) is 9.59 Å². The minimum absolute atomic E-state index is 0.0775. The second-order valence-electron chi connectivity index (χ2n) is 7.43. The predicted octanol–water partition coefficient (Wildman–Crippen LogP) is 3.74. The van der Waals surface area contributed by atoms with Gasteiger partial charge in [-0.25, -0.2) is 0 Å². The third-order valence-corrected chi connectivity index (χ3v) is 7.23. The van der Waals surface area contributed by atoms with Crippen molar-refractivity contribution >= 4 is 34.7 Å². The Balaban J connectivity index is 1.54. The summed E-state index contributed by atoms with van der Waals surface area (Å²) >= 11 is 2.83. The number of carbonyl (C=O) groups is 2. The third-order valence-electron chi connectivity index (χ3n) is 5.50. The molecule has 0 N–H and O–H groups in total. The van der Waals surface area contributed by atoms with Gasteiger partial charge in [-0.15, -0.1) is 16.4 Å². The normalized spacial score (nSPS) is 17.3. The van der Waals surface area contributed by atoms with Crippen LogP contribution in [-0.2, 0) is 11.2 Å². The number of thiophene rings is 1. The first-order valence-electron chi connectivity index (χ1n) is 10.1. The Hall–Kier alpha value is -2.58. The maximum Gasteiger partial charge on any atom is 0.267 e. The van der Waals surface area contributed by atoms with Crippen LogP contribution in [0.15, 0.2) is 41.8 Å². The van der Waals surface area contributed by atoms with Crippen LogP contribution in [-0.4, -0.2) is 57.4 Å². The van der Waals surface area contributed by atoms with Gasteiger partial charge in [0.05, 0.1) is 11.6 Å². The maximum absolute atomic E-state index is 13.1. The van der Waals surface area contributed by atoms with Crippen LogP contribution in [0.4, 0.5) is 0 Å². The second kappa shape index (κ2) is 9.06. The van der Waals surface area contributed by atoms with Crippen molar-refractivity contribution in [1.29, 1.82) is 0 Å². The van der Waals surface area contributed by atoms with Crippen molar-refractivity contribution in [2.75, 3.05) is 26.2 Å². The predicted molar refractivity (Wildman–Crippen MR) is 120 cm³/mol. The number of nitrogens with zero attached hydrogens (tertiary/aromatic N) is 4. The minimum atomic E-state index is -0.259. The van der Waals surface area contributed by atoms with Crippen molar-refractivity contribution in [1.82, 2.24) is 19.4 Å². The summed E-state index contributed by atoms with van der Waals surface area (Å²) in [6, 6.07) is 12.5. The van der Waals surface area contributed by atoms with E-state index in [4.69, 9.17) is 0 Å². The first-order chi connectivity index (χ1) is 14.6. The van der Waals surface area contributed by atoms with Crippen molar-refractivity contribution in [2.45, 2.75) is 20.3 Å². The molecule has 1 saturated heterocycles. The molecule has 1 aliphatic heterocycles. The molecule has 0 radical (unpaired) electrons. The van der Waals surface area contributed by atoms with E-state index in [1.165, 1.54) is 10.4 Å². The van der Waals surface area contributed by atoms with Gasteiger partial charge in [-0.2, -0.15) is 0 Å². The van der Waals surface area contributed by atoms with E-state index in [0.717, 1.165) is 17.1 Å². The molecule has 30 heavy (non-hydrogen) atoms. The largest absolute Gasteiger partial charge is 0.341 e. The fourth-order valence-corrected chi connectivity index (χ4v) is 5.16. The highest BCUT2D eigenvalue weighted by Gasteiger charge is 2.33. The number of benzene rings is 1. The van der Waals surface area contributed by atoms with Crippen molar-refractivity contribution in [3.05, 3.63) is 57.9 Å². The summed E-state index contributed by atoms with van der Waals surface area (Å²) in [5, 5.41) is 6.03. The number of aromatic nitrogens is 2. The van der Waals surface area contributed by atoms with Crippen LogP contribution in [0, 0.1) is 12.8 Å². The molecule has 0 saturated carbocycles. The lowest BCUT2D eigenvalue weighted by molar-refractivity contribution is -0.134. The summed E-state index contributed by atoms with van der Waals surface area (Å²) < 4.78 is 3.89. The first-order valence-corrected chi connectivity index (χ1v) is 11.7. The van der Waals surface area contributed by atoms with E-state index in [0.29, 0.717) is 43.2 Å². The molecule has 2 aromatic heterocycles. The lowest BCUT2D eigenvalue weighted by Crippen LogP contribution is -2.37. The van der Waals surface area contributed by atoms with Gasteiger partial charge in [-0.1, -0.05) is 34.8 Å². The molecule has 0 spiro atoms. The molecule has 8 heteroatoms. The molecule has 1 unspecified atom stereocenters. The molecular formula is C22H24N4O2S2. The van der Waals surface area contributed by atoms with Crippen LogP contribution in [0.2, 0.25) is 0 Å². The Morgan fingerprint density at radius 3 is 2.63 bits per heavy atom. The molecule has 3 heterocycles. The zero-order valence-corrected chi connectivity index (χ0v) is 18.7. The van der Waals surface area contributed by atoms with Crippen LogP contribution in [0.3, 0.4) is 0 Å². The molecule has 6 nitrogen and oxygen atoms in total. The van der Waals surface area contributed by atoms with Crippen molar-refractivity contribution in [3.8, 4) is 10.4 Å². The number of carbonyl (C=O) groups excluding carboxylic acids is 2. The van der Waals surface area contributed by atoms with Crippen LogP contribution in [0.1, 0.15) is 27.9 Å². The average molecular weight is 441 g/mol. The number of aryl methyl sites for hydroxylation is 1. The summed E-state index contributed by atoms with van der Waals surface area (Å²) in [5.74, 6) is -0.217. The fraction of sp³-hybridized carbons (Fsp3) is 0.364. The lowest BCUT2D eigenvalue weighted by atomic mass is 9.96. The standard InChI is InChI=1S/C22H24N4O2S2/c1-3-25-10-11-26(22(28)20-15(2)23-24-30-20)14-18(21(25)27)13-16-6-8-17(9-7-16)19-5-4-12-29-19/h4-9,12,18H,3,10-11,13-14H2,1-2H3. The summed E-state index contributed by atoms with van der Waals surface area (Å²) in [4.78, 5) is 31.6.